The summed E-state index contributed by atoms with van der Waals surface area (Å²) in [7, 11) is 0. The molecule has 19 heavy (non-hydrogen) atoms. The van der Waals surface area contributed by atoms with E-state index in [9.17, 15) is 4.79 Å². The molecule has 0 unspecified atom stereocenters. The number of benzene rings is 1. The van der Waals surface area contributed by atoms with E-state index in [4.69, 9.17) is 5.26 Å². The fraction of sp³-hybridized carbons (Fsp3) is 0.467. The van der Waals surface area contributed by atoms with Crippen molar-refractivity contribution in [2.45, 2.75) is 31.7 Å². The van der Waals surface area contributed by atoms with Crippen LogP contribution in [-0.4, -0.2) is 29.9 Å². The van der Waals surface area contributed by atoms with Gasteiger partial charge < -0.3 is 10.2 Å². The Hall–Kier alpha value is -2.02. The Kier molecular flexibility index (Phi) is 4.79. The normalized spacial score (nSPS) is 16.5. The molecule has 0 saturated carbocycles. The third kappa shape index (κ3) is 3.72. The van der Waals surface area contributed by atoms with Crippen LogP contribution in [0.1, 0.15) is 24.8 Å². The lowest BCUT2D eigenvalue weighted by Gasteiger charge is -2.30. The van der Waals surface area contributed by atoms with Gasteiger partial charge in [0.15, 0.2) is 6.19 Å². The molecule has 1 fully saturated rings. The van der Waals surface area contributed by atoms with Crippen molar-refractivity contribution in [1.82, 2.24) is 10.2 Å². The molecule has 0 bridgehead atoms. The third-order valence-corrected chi connectivity index (χ3v) is 3.49. The van der Waals surface area contributed by atoms with Gasteiger partial charge in [-0.1, -0.05) is 30.3 Å². The summed E-state index contributed by atoms with van der Waals surface area (Å²) in [6, 6.07) is 9.37. The van der Waals surface area contributed by atoms with Gasteiger partial charge in [0.1, 0.15) is 6.04 Å². The van der Waals surface area contributed by atoms with Gasteiger partial charge in [0, 0.05) is 19.5 Å². The topological polar surface area (TPSA) is 56.1 Å². The van der Waals surface area contributed by atoms with E-state index in [1.165, 1.54) is 6.42 Å². The predicted octanol–water partition coefficient (Wildman–Crippen LogP) is 1.68. The van der Waals surface area contributed by atoms with Crippen molar-refractivity contribution >= 4 is 5.91 Å². The Morgan fingerprint density at radius 2 is 1.95 bits per heavy atom. The van der Waals surface area contributed by atoms with Crippen LogP contribution in [0.25, 0.3) is 0 Å². The number of carbonyl (C=O) groups excluding carboxylic acids is 1. The SMILES string of the molecule is N#CN[C@@H](Cc1ccccc1)C(=O)N1CCCCC1. The predicted molar refractivity (Wildman–Crippen MR) is 73.1 cm³/mol. The quantitative estimate of drug-likeness (QED) is 0.659. The molecule has 1 aliphatic rings. The van der Waals surface area contributed by atoms with Crippen molar-refractivity contribution in [3.05, 3.63) is 35.9 Å². The maximum atomic E-state index is 12.4. The second-order valence-corrected chi connectivity index (χ2v) is 4.88. The molecular formula is C15H19N3O. The molecule has 0 aromatic heterocycles. The lowest BCUT2D eigenvalue weighted by molar-refractivity contribution is -0.134. The zero-order chi connectivity index (χ0) is 13.5. The minimum Gasteiger partial charge on any atom is -0.341 e. The Bertz CT molecular complexity index is 446. The van der Waals surface area contributed by atoms with Crippen molar-refractivity contribution in [2.75, 3.05) is 13.1 Å². The minimum atomic E-state index is -0.439. The number of rotatable bonds is 4. The van der Waals surface area contributed by atoms with Crippen molar-refractivity contribution in [2.24, 2.45) is 0 Å². The average Bonchev–Trinajstić information content (AvgIpc) is 2.48. The molecular weight excluding hydrogens is 238 g/mol. The summed E-state index contributed by atoms with van der Waals surface area (Å²) in [4.78, 5) is 14.3. The highest BCUT2D eigenvalue weighted by molar-refractivity contribution is 5.82. The number of piperidine rings is 1. The molecule has 1 aliphatic heterocycles. The summed E-state index contributed by atoms with van der Waals surface area (Å²) in [5, 5.41) is 11.5. The number of carbonyl (C=O) groups is 1. The van der Waals surface area contributed by atoms with Gasteiger partial charge in [0.25, 0.3) is 0 Å². The monoisotopic (exact) mass is 257 g/mol. The van der Waals surface area contributed by atoms with Gasteiger partial charge in [-0.25, -0.2) is 0 Å². The molecule has 2 rings (SSSR count). The van der Waals surface area contributed by atoms with Crippen LogP contribution in [0.15, 0.2) is 30.3 Å². The van der Waals surface area contributed by atoms with Crippen LogP contribution < -0.4 is 5.32 Å². The van der Waals surface area contributed by atoms with E-state index in [1.54, 1.807) is 0 Å². The van der Waals surface area contributed by atoms with Crippen LogP contribution in [0.4, 0.5) is 0 Å². The van der Waals surface area contributed by atoms with Gasteiger partial charge in [-0.2, -0.15) is 5.26 Å². The fourth-order valence-corrected chi connectivity index (χ4v) is 2.46. The molecule has 4 nitrogen and oxygen atoms in total. The molecule has 1 aromatic rings. The average molecular weight is 257 g/mol. The highest BCUT2D eigenvalue weighted by Crippen LogP contribution is 2.12. The van der Waals surface area contributed by atoms with E-state index >= 15 is 0 Å². The number of nitrogens with one attached hydrogen (secondary N) is 1. The molecule has 1 atom stereocenters. The van der Waals surface area contributed by atoms with E-state index in [1.807, 2.05) is 41.4 Å². The Balaban J connectivity index is 2.02. The summed E-state index contributed by atoms with van der Waals surface area (Å²) in [6.45, 7) is 1.63. The number of hydrogen-bond acceptors (Lipinski definition) is 3. The summed E-state index contributed by atoms with van der Waals surface area (Å²) in [6.07, 6.45) is 5.79. The molecule has 0 radical (unpaired) electrons. The molecule has 1 aromatic carbocycles. The van der Waals surface area contributed by atoms with Crippen LogP contribution in [0.3, 0.4) is 0 Å². The van der Waals surface area contributed by atoms with Crippen molar-refractivity contribution < 1.29 is 4.79 Å². The van der Waals surface area contributed by atoms with Gasteiger partial charge in [-0.15, -0.1) is 0 Å². The van der Waals surface area contributed by atoms with E-state index in [2.05, 4.69) is 5.32 Å². The molecule has 1 amide bonds. The fourth-order valence-electron chi connectivity index (χ4n) is 2.46. The first-order valence-electron chi connectivity index (χ1n) is 6.78. The lowest BCUT2D eigenvalue weighted by atomic mass is 10.0. The number of hydrogen-bond donors (Lipinski definition) is 1. The Morgan fingerprint density at radius 3 is 2.58 bits per heavy atom. The van der Waals surface area contributed by atoms with Gasteiger partial charge in [0.05, 0.1) is 0 Å². The third-order valence-electron chi connectivity index (χ3n) is 3.49. The van der Waals surface area contributed by atoms with E-state index < -0.39 is 6.04 Å². The van der Waals surface area contributed by atoms with Crippen LogP contribution in [-0.2, 0) is 11.2 Å². The maximum absolute atomic E-state index is 12.4. The molecule has 1 N–H and O–H groups in total. The van der Waals surface area contributed by atoms with Gasteiger partial charge in [-0.05, 0) is 24.8 Å². The van der Waals surface area contributed by atoms with Crippen LogP contribution in [0.5, 0.6) is 0 Å². The number of amides is 1. The van der Waals surface area contributed by atoms with E-state index in [0.29, 0.717) is 6.42 Å². The van der Waals surface area contributed by atoms with Crippen molar-refractivity contribution in [3.8, 4) is 6.19 Å². The highest BCUT2D eigenvalue weighted by atomic mass is 16.2. The second-order valence-electron chi connectivity index (χ2n) is 4.88. The number of nitrogens with zero attached hydrogens (tertiary/aromatic N) is 2. The smallest absolute Gasteiger partial charge is 0.246 e. The van der Waals surface area contributed by atoms with Gasteiger partial charge in [0.2, 0.25) is 5.91 Å². The van der Waals surface area contributed by atoms with E-state index in [-0.39, 0.29) is 5.91 Å². The molecule has 4 heteroatoms. The summed E-state index contributed by atoms with van der Waals surface area (Å²) in [5.41, 5.74) is 1.07. The first kappa shape index (κ1) is 13.4. The van der Waals surface area contributed by atoms with Gasteiger partial charge in [-0.3, -0.25) is 4.79 Å². The molecule has 1 saturated heterocycles. The standard InChI is InChI=1S/C15H19N3O/c16-12-17-14(11-13-7-3-1-4-8-13)15(19)18-9-5-2-6-10-18/h1,3-4,7-8,14,17H,2,5-6,9-11H2/t14-/m0/s1. The zero-order valence-electron chi connectivity index (χ0n) is 11.0. The number of likely N-dealkylation sites (tertiary alicyclic amines) is 1. The van der Waals surface area contributed by atoms with Crippen LogP contribution >= 0.6 is 0 Å². The summed E-state index contributed by atoms with van der Waals surface area (Å²) >= 11 is 0. The largest absolute Gasteiger partial charge is 0.341 e. The van der Waals surface area contributed by atoms with Crippen molar-refractivity contribution in [1.29, 1.82) is 5.26 Å². The van der Waals surface area contributed by atoms with Crippen LogP contribution in [0.2, 0.25) is 0 Å². The van der Waals surface area contributed by atoms with Crippen LogP contribution in [0, 0.1) is 11.5 Å². The Morgan fingerprint density at radius 1 is 1.26 bits per heavy atom. The molecule has 0 spiro atoms. The Labute approximate surface area is 114 Å². The first-order valence-corrected chi connectivity index (χ1v) is 6.78. The highest BCUT2D eigenvalue weighted by Gasteiger charge is 2.25. The molecule has 0 aliphatic carbocycles. The lowest BCUT2D eigenvalue weighted by Crippen LogP contribution is -2.48. The number of nitriles is 1. The van der Waals surface area contributed by atoms with Gasteiger partial charge >= 0.3 is 0 Å². The summed E-state index contributed by atoms with van der Waals surface area (Å²) < 4.78 is 0. The summed E-state index contributed by atoms with van der Waals surface area (Å²) in [5.74, 6) is 0.0464. The van der Waals surface area contributed by atoms with Crippen molar-refractivity contribution in [3.63, 3.8) is 0 Å². The maximum Gasteiger partial charge on any atom is 0.246 e. The second kappa shape index (κ2) is 6.79. The molecule has 100 valence electrons. The minimum absolute atomic E-state index is 0.0464. The molecule has 1 heterocycles. The zero-order valence-corrected chi connectivity index (χ0v) is 11.0. The van der Waals surface area contributed by atoms with E-state index in [0.717, 1.165) is 31.5 Å². The first-order chi connectivity index (χ1) is 9.31.